The zero-order valence-electron chi connectivity index (χ0n) is 10.4. The van der Waals surface area contributed by atoms with Gasteiger partial charge >= 0.3 is 0 Å². The molecule has 2 rings (SSSR count). The maximum atomic E-state index is 5.38. The second-order valence-electron chi connectivity index (χ2n) is 4.50. The molecule has 1 aromatic heterocycles. The Morgan fingerprint density at radius 1 is 1.47 bits per heavy atom. The van der Waals surface area contributed by atoms with Crippen molar-refractivity contribution in [2.75, 3.05) is 30.9 Å². The predicted molar refractivity (Wildman–Crippen MR) is 68.7 cm³/mol. The van der Waals surface area contributed by atoms with Gasteiger partial charge in [0, 0.05) is 18.2 Å². The van der Waals surface area contributed by atoms with Crippen molar-refractivity contribution in [3.05, 3.63) is 11.9 Å². The fraction of sp³-hybridized carbons (Fsp3) is 0.636. The molecule has 1 aliphatic heterocycles. The van der Waals surface area contributed by atoms with Gasteiger partial charge in [0.2, 0.25) is 0 Å². The molecule has 1 aromatic rings. The van der Waals surface area contributed by atoms with E-state index in [0.717, 1.165) is 17.9 Å². The third-order valence-electron chi connectivity index (χ3n) is 3.40. The number of rotatable bonds is 4. The first-order valence-corrected chi connectivity index (χ1v) is 5.94. The van der Waals surface area contributed by atoms with Crippen LogP contribution in [0.15, 0.2) is 6.33 Å². The lowest BCUT2D eigenvalue weighted by Gasteiger charge is -2.20. The molecule has 0 bridgehead atoms. The number of anilines is 2. The van der Waals surface area contributed by atoms with Crippen LogP contribution in [0.5, 0.6) is 0 Å². The Hall–Kier alpha value is -1.40. The molecule has 1 fully saturated rings. The van der Waals surface area contributed by atoms with Crippen LogP contribution in [0.1, 0.15) is 18.4 Å². The van der Waals surface area contributed by atoms with Gasteiger partial charge < -0.3 is 15.6 Å². The molecule has 17 heavy (non-hydrogen) atoms. The van der Waals surface area contributed by atoms with E-state index in [9.17, 15) is 0 Å². The van der Waals surface area contributed by atoms with Crippen molar-refractivity contribution in [1.82, 2.24) is 14.9 Å². The van der Waals surface area contributed by atoms with E-state index in [-0.39, 0.29) is 0 Å². The summed E-state index contributed by atoms with van der Waals surface area (Å²) in [6.45, 7) is 4.05. The highest BCUT2D eigenvalue weighted by molar-refractivity contribution is 5.55. The van der Waals surface area contributed by atoms with Gasteiger partial charge in [0.15, 0.2) is 0 Å². The maximum absolute atomic E-state index is 5.38. The molecule has 6 heteroatoms. The van der Waals surface area contributed by atoms with Crippen LogP contribution in [-0.2, 0) is 0 Å². The number of hydrazine groups is 1. The van der Waals surface area contributed by atoms with Gasteiger partial charge in [-0.1, -0.05) is 0 Å². The Kier molecular flexibility index (Phi) is 3.75. The summed E-state index contributed by atoms with van der Waals surface area (Å²) in [4.78, 5) is 10.7. The molecule has 0 amide bonds. The number of likely N-dealkylation sites (tertiary alicyclic amines) is 1. The Morgan fingerprint density at radius 3 is 2.88 bits per heavy atom. The SMILES string of the molecule is Cc1c(NN)ncnc1NCC1CCCN1C. The van der Waals surface area contributed by atoms with Crippen LogP contribution in [0.4, 0.5) is 11.6 Å². The van der Waals surface area contributed by atoms with E-state index in [1.165, 1.54) is 25.7 Å². The van der Waals surface area contributed by atoms with Crippen molar-refractivity contribution in [3.8, 4) is 0 Å². The molecule has 0 aliphatic carbocycles. The molecule has 0 saturated carbocycles. The second kappa shape index (κ2) is 5.29. The lowest BCUT2D eigenvalue weighted by Crippen LogP contribution is -2.32. The van der Waals surface area contributed by atoms with Gasteiger partial charge in [0.25, 0.3) is 0 Å². The average molecular weight is 236 g/mol. The smallest absolute Gasteiger partial charge is 0.148 e. The summed E-state index contributed by atoms with van der Waals surface area (Å²) in [5.74, 6) is 6.91. The fourth-order valence-corrected chi connectivity index (χ4v) is 2.23. The highest BCUT2D eigenvalue weighted by Crippen LogP contribution is 2.19. The molecular weight excluding hydrogens is 216 g/mol. The summed E-state index contributed by atoms with van der Waals surface area (Å²) in [5, 5.41) is 3.37. The van der Waals surface area contributed by atoms with Gasteiger partial charge in [-0.05, 0) is 33.4 Å². The molecule has 0 spiro atoms. The van der Waals surface area contributed by atoms with E-state index in [0.29, 0.717) is 11.9 Å². The van der Waals surface area contributed by atoms with E-state index in [1.54, 1.807) is 0 Å². The molecule has 1 aliphatic rings. The van der Waals surface area contributed by atoms with E-state index < -0.39 is 0 Å². The Bertz CT molecular complexity index is 380. The summed E-state index contributed by atoms with van der Waals surface area (Å²) in [6, 6.07) is 0.596. The van der Waals surface area contributed by atoms with Crippen molar-refractivity contribution in [2.24, 2.45) is 5.84 Å². The van der Waals surface area contributed by atoms with Gasteiger partial charge in [-0.3, -0.25) is 0 Å². The van der Waals surface area contributed by atoms with Crippen LogP contribution in [-0.4, -0.2) is 41.0 Å². The van der Waals surface area contributed by atoms with Crippen molar-refractivity contribution in [3.63, 3.8) is 0 Å². The minimum absolute atomic E-state index is 0.596. The number of nitrogens with two attached hydrogens (primary N) is 1. The largest absolute Gasteiger partial charge is 0.368 e. The monoisotopic (exact) mass is 236 g/mol. The van der Waals surface area contributed by atoms with E-state index >= 15 is 0 Å². The summed E-state index contributed by atoms with van der Waals surface area (Å²) >= 11 is 0. The summed E-state index contributed by atoms with van der Waals surface area (Å²) < 4.78 is 0. The van der Waals surface area contributed by atoms with Crippen LogP contribution in [0.25, 0.3) is 0 Å². The first-order chi connectivity index (χ1) is 8.22. The molecule has 1 saturated heterocycles. The zero-order valence-corrected chi connectivity index (χ0v) is 10.4. The molecule has 0 aromatic carbocycles. The summed E-state index contributed by atoms with van der Waals surface area (Å²) in [7, 11) is 2.17. The van der Waals surface area contributed by atoms with Crippen LogP contribution in [0.2, 0.25) is 0 Å². The van der Waals surface area contributed by atoms with Gasteiger partial charge in [-0.2, -0.15) is 0 Å². The van der Waals surface area contributed by atoms with Crippen LogP contribution in [0.3, 0.4) is 0 Å². The lowest BCUT2D eigenvalue weighted by atomic mass is 10.2. The van der Waals surface area contributed by atoms with Gasteiger partial charge in [0.05, 0.1) is 0 Å². The van der Waals surface area contributed by atoms with Gasteiger partial charge in [0.1, 0.15) is 18.0 Å². The molecule has 1 unspecified atom stereocenters. The molecule has 1 atom stereocenters. The molecular formula is C11H20N6. The summed E-state index contributed by atoms with van der Waals surface area (Å²) in [6.07, 6.45) is 4.04. The topological polar surface area (TPSA) is 79.1 Å². The number of nitrogens with one attached hydrogen (secondary N) is 2. The fourth-order valence-electron chi connectivity index (χ4n) is 2.23. The highest BCUT2D eigenvalue weighted by Gasteiger charge is 2.20. The average Bonchev–Trinajstić information content (AvgIpc) is 2.74. The number of nitrogens with zero attached hydrogens (tertiary/aromatic N) is 3. The normalized spacial score (nSPS) is 20.5. The first-order valence-electron chi connectivity index (χ1n) is 5.94. The van der Waals surface area contributed by atoms with Crippen molar-refractivity contribution < 1.29 is 0 Å². The van der Waals surface area contributed by atoms with Gasteiger partial charge in [-0.25, -0.2) is 15.8 Å². The number of aromatic nitrogens is 2. The first kappa shape index (κ1) is 12.1. The number of hydrogen-bond acceptors (Lipinski definition) is 6. The molecule has 2 heterocycles. The third kappa shape index (κ3) is 2.65. The molecule has 4 N–H and O–H groups in total. The number of nitrogen functional groups attached to an aromatic ring is 1. The molecule has 6 nitrogen and oxygen atoms in total. The van der Waals surface area contributed by atoms with E-state index in [4.69, 9.17) is 5.84 Å². The number of likely N-dealkylation sites (N-methyl/N-ethyl adjacent to an activating group) is 1. The van der Waals surface area contributed by atoms with Crippen LogP contribution in [0, 0.1) is 6.92 Å². The Labute approximate surface area is 102 Å². The third-order valence-corrected chi connectivity index (χ3v) is 3.40. The van der Waals surface area contributed by atoms with Crippen molar-refractivity contribution >= 4 is 11.6 Å². The quantitative estimate of drug-likeness (QED) is 0.524. The Balaban J connectivity index is 1.99. The van der Waals surface area contributed by atoms with E-state index in [2.05, 4.69) is 32.7 Å². The maximum Gasteiger partial charge on any atom is 0.148 e. The second-order valence-corrected chi connectivity index (χ2v) is 4.50. The minimum Gasteiger partial charge on any atom is -0.368 e. The lowest BCUT2D eigenvalue weighted by molar-refractivity contribution is 0.322. The van der Waals surface area contributed by atoms with Crippen molar-refractivity contribution in [1.29, 1.82) is 0 Å². The Morgan fingerprint density at radius 2 is 2.24 bits per heavy atom. The van der Waals surface area contributed by atoms with E-state index in [1.807, 2.05) is 6.92 Å². The van der Waals surface area contributed by atoms with Crippen LogP contribution < -0.4 is 16.6 Å². The summed E-state index contributed by atoms with van der Waals surface area (Å²) in [5.41, 5.74) is 3.53. The molecule has 94 valence electrons. The molecule has 0 radical (unpaired) electrons. The highest BCUT2D eigenvalue weighted by atomic mass is 15.3. The van der Waals surface area contributed by atoms with Crippen molar-refractivity contribution in [2.45, 2.75) is 25.8 Å². The standard InChI is InChI=1S/C11H20N6/c1-8-10(14-7-15-11(8)16-12)13-6-9-4-3-5-17(9)2/h7,9H,3-6,12H2,1-2H3,(H2,13,14,15,16). The van der Waals surface area contributed by atoms with Gasteiger partial charge in [-0.15, -0.1) is 0 Å². The van der Waals surface area contributed by atoms with Crippen LogP contribution >= 0.6 is 0 Å². The number of hydrogen-bond donors (Lipinski definition) is 3. The zero-order chi connectivity index (χ0) is 12.3. The minimum atomic E-state index is 0.596. The predicted octanol–water partition coefficient (Wildman–Crippen LogP) is 0.577.